The van der Waals surface area contributed by atoms with Crippen LogP contribution >= 0.6 is 11.3 Å². The molecule has 1 aromatic heterocycles. The number of hydrogen-bond donors (Lipinski definition) is 1. The molecule has 27 heavy (non-hydrogen) atoms. The summed E-state index contributed by atoms with van der Waals surface area (Å²) in [7, 11) is 0. The van der Waals surface area contributed by atoms with E-state index in [-0.39, 0.29) is 42.1 Å². The predicted octanol–water partition coefficient (Wildman–Crippen LogP) is 2.90. The second-order valence-corrected chi connectivity index (χ2v) is 7.82. The lowest BCUT2D eigenvalue weighted by Crippen LogP contribution is -2.42. The Morgan fingerprint density at radius 2 is 1.70 bits per heavy atom. The normalized spacial score (nSPS) is 22.6. The van der Waals surface area contributed by atoms with Gasteiger partial charge in [0.05, 0.1) is 17.9 Å². The summed E-state index contributed by atoms with van der Waals surface area (Å²) in [5.41, 5.74) is 0.963. The van der Waals surface area contributed by atoms with Crippen molar-refractivity contribution in [3.05, 3.63) is 70.4 Å². The molecule has 2 aliphatic rings. The third-order valence-corrected chi connectivity index (χ3v) is 6.10. The summed E-state index contributed by atoms with van der Waals surface area (Å²) in [5, 5.41) is 4.96. The van der Waals surface area contributed by atoms with Crippen molar-refractivity contribution in [3.63, 3.8) is 0 Å². The minimum atomic E-state index is -0.328. The van der Waals surface area contributed by atoms with Gasteiger partial charge in [-0.15, -0.1) is 11.3 Å². The van der Waals surface area contributed by atoms with E-state index in [0.29, 0.717) is 12.8 Å². The van der Waals surface area contributed by atoms with E-state index in [1.54, 1.807) is 11.3 Å². The maximum atomic E-state index is 12.7. The number of imide groups is 1. The number of benzene rings is 1. The number of carbonyl (C=O) groups is 3. The Bertz CT molecular complexity index is 850. The maximum absolute atomic E-state index is 12.7. The lowest BCUT2D eigenvalue weighted by molar-refractivity contribution is -0.143. The molecule has 2 aromatic rings. The van der Waals surface area contributed by atoms with Gasteiger partial charge in [0, 0.05) is 4.88 Å². The highest BCUT2D eigenvalue weighted by Crippen LogP contribution is 2.35. The quantitative estimate of drug-likeness (QED) is 0.641. The molecule has 2 heterocycles. The number of nitrogens with zero attached hydrogens (tertiary/aromatic N) is 1. The van der Waals surface area contributed by atoms with E-state index in [0.717, 1.165) is 15.3 Å². The van der Waals surface area contributed by atoms with Gasteiger partial charge >= 0.3 is 0 Å². The van der Waals surface area contributed by atoms with E-state index in [1.165, 1.54) is 0 Å². The van der Waals surface area contributed by atoms with Gasteiger partial charge in [0.15, 0.2) is 0 Å². The average molecular weight is 380 g/mol. The third-order valence-electron chi connectivity index (χ3n) is 5.17. The molecule has 4 rings (SSSR count). The minimum absolute atomic E-state index is 0.223. The van der Waals surface area contributed by atoms with Crippen LogP contribution in [-0.4, -0.2) is 29.2 Å². The van der Waals surface area contributed by atoms with Crippen LogP contribution in [0, 0.1) is 11.8 Å². The molecule has 1 fully saturated rings. The van der Waals surface area contributed by atoms with Crippen molar-refractivity contribution >= 4 is 29.1 Å². The molecule has 1 saturated heterocycles. The molecule has 3 atom stereocenters. The Morgan fingerprint density at radius 3 is 2.30 bits per heavy atom. The fourth-order valence-electron chi connectivity index (χ4n) is 3.79. The number of likely N-dealkylation sites (tertiary alicyclic amines) is 1. The Hall–Kier alpha value is -2.73. The van der Waals surface area contributed by atoms with Crippen LogP contribution in [0.25, 0.3) is 0 Å². The van der Waals surface area contributed by atoms with Crippen LogP contribution in [0.5, 0.6) is 0 Å². The van der Waals surface area contributed by atoms with Crippen molar-refractivity contribution in [2.24, 2.45) is 11.8 Å². The molecular weight excluding hydrogens is 360 g/mol. The molecule has 5 nitrogen and oxygen atoms in total. The highest BCUT2D eigenvalue weighted by Gasteiger charge is 2.47. The third kappa shape index (κ3) is 3.45. The lowest BCUT2D eigenvalue weighted by Gasteiger charge is -2.20. The summed E-state index contributed by atoms with van der Waals surface area (Å²) in [5.74, 6) is -1.39. The van der Waals surface area contributed by atoms with Crippen LogP contribution in [0.15, 0.2) is 60.0 Å². The maximum Gasteiger partial charge on any atom is 0.240 e. The van der Waals surface area contributed by atoms with Crippen molar-refractivity contribution in [2.75, 3.05) is 6.54 Å². The van der Waals surface area contributed by atoms with Gasteiger partial charge < -0.3 is 5.32 Å². The van der Waals surface area contributed by atoms with Crippen LogP contribution in [0.2, 0.25) is 0 Å². The Balaban J connectivity index is 1.49. The standard InChI is InChI=1S/C21H20N2O3S/c24-18(13-23-20(25)15-9-4-5-10-16(15)21(23)26)22-19(17-11-6-12-27-17)14-7-2-1-3-8-14/h1-8,11-12,15-16,19H,9-10,13H2,(H,22,24)/t15-,16+,19-/m0/s1. The van der Waals surface area contributed by atoms with Gasteiger partial charge in [0.2, 0.25) is 17.7 Å². The topological polar surface area (TPSA) is 66.5 Å². The first-order valence-electron chi connectivity index (χ1n) is 9.03. The molecule has 138 valence electrons. The number of thiophene rings is 1. The minimum Gasteiger partial charge on any atom is -0.343 e. The van der Waals surface area contributed by atoms with Gasteiger partial charge in [-0.05, 0) is 29.9 Å². The molecule has 0 bridgehead atoms. The zero-order valence-electron chi connectivity index (χ0n) is 14.7. The van der Waals surface area contributed by atoms with Crippen molar-refractivity contribution in [1.82, 2.24) is 10.2 Å². The van der Waals surface area contributed by atoms with Crippen LogP contribution < -0.4 is 5.32 Å². The Morgan fingerprint density at radius 1 is 1.04 bits per heavy atom. The Kier molecular flexibility index (Phi) is 4.90. The predicted molar refractivity (Wildman–Crippen MR) is 103 cm³/mol. The Labute approximate surface area is 161 Å². The fraction of sp³-hybridized carbons (Fsp3) is 0.286. The first kappa shape index (κ1) is 17.7. The first-order chi connectivity index (χ1) is 13.1. The number of carbonyl (C=O) groups excluding carboxylic acids is 3. The second kappa shape index (κ2) is 7.48. The number of nitrogens with one attached hydrogen (secondary N) is 1. The van der Waals surface area contributed by atoms with Crippen molar-refractivity contribution in [2.45, 2.75) is 18.9 Å². The van der Waals surface area contributed by atoms with Crippen molar-refractivity contribution < 1.29 is 14.4 Å². The molecule has 6 heteroatoms. The zero-order valence-corrected chi connectivity index (χ0v) is 15.5. The van der Waals surface area contributed by atoms with Gasteiger partial charge in [-0.1, -0.05) is 48.6 Å². The molecule has 0 unspecified atom stereocenters. The van der Waals surface area contributed by atoms with Crippen LogP contribution in [0.1, 0.15) is 29.3 Å². The van der Waals surface area contributed by atoms with E-state index in [4.69, 9.17) is 0 Å². The van der Waals surface area contributed by atoms with E-state index >= 15 is 0 Å². The summed E-state index contributed by atoms with van der Waals surface area (Å²) >= 11 is 1.56. The second-order valence-electron chi connectivity index (χ2n) is 6.85. The molecule has 0 spiro atoms. The van der Waals surface area contributed by atoms with E-state index < -0.39 is 0 Å². The summed E-state index contributed by atoms with van der Waals surface area (Å²) in [6.45, 7) is -0.223. The monoisotopic (exact) mass is 380 g/mol. The van der Waals surface area contributed by atoms with Gasteiger partial charge in [-0.3, -0.25) is 19.3 Å². The zero-order chi connectivity index (χ0) is 18.8. The molecule has 0 saturated carbocycles. The van der Waals surface area contributed by atoms with Crippen LogP contribution in [0.3, 0.4) is 0 Å². The number of hydrogen-bond acceptors (Lipinski definition) is 4. The fourth-order valence-corrected chi connectivity index (χ4v) is 4.60. The van der Waals surface area contributed by atoms with Crippen molar-refractivity contribution in [1.29, 1.82) is 0 Å². The average Bonchev–Trinajstić information content (AvgIpc) is 3.31. The summed E-state index contributed by atoms with van der Waals surface area (Å²) < 4.78 is 0. The molecule has 1 aliphatic carbocycles. The lowest BCUT2D eigenvalue weighted by atomic mass is 9.85. The number of fused-ring (bicyclic) bond motifs is 1. The van der Waals surface area contributed by atoms with Gasteiger partial charge in [-0.2, -0.15) is 0 Å². The molecular formula is C21H20N2O3S. The van der Waals surface area contributed by atoms with E-state index in [1.807, 2.05) is 60.0 Å². The molecule has 3 amide bonds. The highest BCUT2D eigenvalue weighted by molar-refractivity contribution is 7.10. The van der Waals surface area contributed by atoms with E-state index in [2.05, 4.69) is 5.32 Å². The number of allylic oxidation sites excluding steroid dienone is 2. The summed E-state index contributed by atoms with van der Waals surface area (Å²) in [6, 6.07) is 13.3. The largest absolute Gasteiger partial charge is 0.343 e. The molecule has 1 aromatic carbocycles. The number of rotatable bonds is 5. The van der Waals surface area contributed by atoms with Crippen LogP contribution in [-0.2, 0) is 14.4 Å². The smallest absolute Gasteiger partial charge is 0.240 e. The van der Waals surface area contributed by atoms with Crippen molar-refractivity contribution in [3.8, 4) is 0 Å². The SMILES string of the molecule is O=C(CN1C(=O)[C@H]2CC=CC[C@H]2C1=O)N[C@@H](c1ccccc1)c1cccs1. The molecule has 1 N–H and O–H groups in total. The molecule has 1 aliphatic heterocycles. The summed E-state index contributed by atoms with van der Waals surface area (Å²) in [6.07, 6.45) is 5.04. The molecule has 0 radical (unpaired) electrons. The number of amides is 3. The summed E-state index contributed by atoms with van der Waals surface area (Å²) in [4.78, 5) is 40.0. The highest BCUT2D eigenvalue weighted by atomic mass is 32.1. The van der Waals surface area contributed by atoms with Gasteiger partial charge in [0.1, 0.15) is 6.54 Å². The van der Waals surface area contributed by atoms with Gasteiger partial charge in [-0.25, -0.2) is 0 Å². The van der Waals surface area contributed by atoms with E-state index in [9.17, 15) is 14.4 Å². The van der Waals surface area contributed by atoms with Gasteiger partial charge in [0.25, 0.3) is 0 Å². The first-order valence-corrected chi connectivity index (χ1v) is 9.91. The van der Waals surface area contributed by atoms with Crippen LogP contribution in [0.4, 0.5) is 0 Å².